The van der Waals surface area contributed by atoms with E-state index in [1.165, 1.54) is 5.56 Å². The molecule has 0 aliphatic heterocycles. The predicted molar refractivity (Wildman–Crippen MR) is 98.7 cm³/mol. The standard InChI is InChI=1S/C19H21N3S/c1-22(2)13-14-23-19-20-17(15-9-5-3-6-10-15)18(21-19)16-11-7-4-8-12-16/h3-12H,13-14H2,1-2H3,(H,20,21). The van der Waals surface area contributed by atoms with Crippen LogP contribution in [0.25, 0.3) is 22.5 Å². The quantitative estimate of drug-likeness (QED) is 0.682. The second-order valence-electron chi connectivity index (χ2n) is 5.65. The summed E-state index contributed by atoms with van der Waals surface area (Å²) in [6.45, 7) is 1.03. The second kappa shape index (κ2) is 7.49. The van der Waals surface area contributed by atoms with E-state index in [4.69, 9.17) is 4.98 Å². The van der Waals surface area contributed by atoms with Crippen LogP contribution in [0.4, 0.5) is 0 Å². The number of thioether (sulfide) groups is 1. The Labute approximate surface area is 141 Å². The first-order valence-electron chi connectivity index (χ1n) is 7.72. The minimum atomic E-state index is 0.976. The van der Waals surface area contributed by atoms with Crippen molar-refractivity contribution in [1.82, 2.24) is 14.9 Å². The highest BCUT2D eigenvalue weighted by Gasteiger charge is 2.14. The molecule has 0 radical (unpaired) electrons. The molecule has 3 aromatic rings. The number of benzene rings is 2. The molecule has 0 saturated heterocycles. The molecule has 0 saturated carbocycles. The lowest BCUT2D eigenvalue weighted by Gasteiger charge is -2.06. The lowest BCUT2D eigenvalue weighted by atomic mass is 10.1. The summed E-state index contributed by atoms with van der Waals surface area (Å²) in [5.74, 6) is 1.02. The Hall–Kier alpha value is -2.04. The van der Waals surface area contributed by atoms with Gasteiger partial charge in [-0.05, 0) is 14.1 Å². The summed E-state index contributed by atoms with van der Waals surface area (Å²) < 4.78 is 0. The number of hydrogen-bond donors (Lipinski definition) is 1. The molecule has 0 aliphatic rings. The molecule has 0 amide bonds. The van der Waals surface area contributed by atoms with Gasteiger partial charge in [0.15, 0.2) is 5.16 Å². The zero-order chi connectivity index (χ0) is 16.1. The minimum absolute atomic E-state index is 0.976. The topological polar surface area (TPSA) is 31.9 Å². The Bertz CT molecular complexity index is 679. The number of rotatable bonds is 6. The molecule has 1 heterocycles. The number of hydrogen-bond acceptors (Lipinski definition) is 3. The van der Waals surface area contributed by atoms with Crippen molar-refractivity contribution in [3.05, 3.63) is 60.7 Å². The van der Waals surface area contributed by atoms with E-state index in [0.717, 1.165) is 34.4 Å². The number of imidazole rings is 1. The second-order valence-corrected chi connectivity index (χ2v) is 6.73. The molecule has 0 spiro atoms. The van der Waals surface area contributed by atoms with Gasteiger partial charge >= 0.3 is 0 Å². The van der Waals surface area contributed by atoms with Crippen molar-refractivity contribution in [3.8, 4) is 22.5 Å². The summed E-state index contributed by atoms with van der Waals surface area (Å²) in [4.78, 5) is 10.5. The van der Waals surface area contributed by atoms with Crippen LogP contribution in [0.2, 0.25) is 0 Å². The number of nitrogens with one attached hydrogen (secondary N) is 1. The molecule has 4 heteroatoms. The normalized spacial score (nSPS) is 11.1. The smallest absolute Gasteiger partial charge is 0.166 e. The third-order valence-electron chi connectivity index (χ3n) is 3.57. The van der Waals surface area contributed by atoms with Gasteiger partial charge < -0.3 is 9.88 Å². The van der Waals surface area contributed by atoms with Gasteiger partial charge in [-0.15, -0.1) is 0 Å². The van der Waals surface area contributed by atoms with Crippen LogP contribution in [0.15, 0.2) is 65.8 Å². The van der Waals surface area contributed by atoms with Crippen molar-refractivity contribution in [2.75, 3.05) is 26.4 Å². The third-order valence-corrected chi connectivity index (χ3v) is 4.42. The van der Waals surface area contributed by atoms with Gasteiger partial charge in [-0.2, -0.15) is 0 Å². The summed E-state index contributed by atoms with van der Waals surface area (Å²) >= 11 is 1.76. The van der Waals surface area contributed by atoms with E-state index in [1.54, 1.807) is 11.8 Å². The number of H-pyrrole nitrogens is 1. The average Bonchev–Trinajstić information content (AvgIpc) is 3.00. The fourth-order valence-electron chi connectivity index (χ4n) is 2.36. The lowest BCUT2D eigenvalue weighted by Crippen LogP contribution is -2.14. The largest absolute Gasteiger partial charge is 0.332 e. The Balaban J connectivity index is 1.94. The van der Waals surface area contributed by atoms with Gasteiger partial charge in [0.05, 0.1) is 11.4 Å². The maximum atomic E-state index is 4.84. The summed E-state index contributed by atoms with van der Waals surface area (Å²) in [5.41, 5.74) is 4.41. The van der Waals surface area contributed by atoms with Crippen LogP contribution < -0.4 is 0 Å². The zero-order valence-electron chi connectivity index (χ0n) is 13.5. The van der Waals surface area contributed by atoms with Crippen molar-refractivity contribution in [3.63, 3.8) is 0 Å². The average molecular weight is 323 g/mol. The SMILES string of the molecule is CN(C)CCSc1nc(-c2ccccc2)c(-c2ccccc2)[nH]1. The van der Waals surface area contributed by atoms with Gasteiger partial charge in [0.1, 0.15) is 0 Å². The molecule has 23 heavy (non-hydrogen) atoms. The van der Waals surface area contributed by atoms with Crippen molar-refractivity contribution in [2.24, 2.45) is 0 Å². The van der Waals surface area contributed by atoms with Crippen molar-refractivity contribution < 1.29 is 0 Å². The van der Waals surface area contributed by atoms with Crippen LogP contribution in [0, 0.1) is 0 Å². The molecule has 1 aromatic heterocycles. The van der Waals surface area contributed by atoms with E-state index in [9.17, 15) is 0 Å². The number of aromatic nitrogens is 2. The number of aromatic amines is 1. The van der Waals surface area contributed by atoms with E-state index >= 15 is 0 Å². The highest BCUT2D eigenvalue weighted by molar-refractivity contribution is 7.99. The molecule has 118 valence electrons. The summed E-state index contributed by atoms with van der Waals surface area (Å²) in [5, 5.41) is 0.976. The minimum Gasteiger partial charge on any atom is -0.332 e. The summed E-state index contributed by atoms with van der Waals surface area (Å²) in [7, 11) is 4.18. The summed E-state index contributed by atoms with van der Waals surface area (Å²) in [6, 6.07) is 20.7. The highest BCUT2D eigenvalue weighted by atomic mass is 32.2. The lowest BCUT2D eigenvalue weighted by molar-refractivity contribution is 0.437. The Kier molecular flexibility index (Phi) is 5.16. The van der Waals surface area contributed by atoms with Gasteiger partial charge in [0.25, 0.3) is 0 Å². The first-order valence-corrected chi connectivity index (χ1v) is 8.71. The molecule has 2 aromatic carbocycles. The van der Waals surface area contributed by atoms with Crippen LogP contribution >= 0.6 is 11.8 Å². The molecule has 0 unspecified atom stereocenters. The molecular formula is C19H21N3S. The molecule has 3 nitrogen and oxygen atoms in total. The van der Waals surface area contributed by atoms with Crippen LogP contribution in [-0.4, -0.2) is 41.3 Å². The molecule has 0 aliphatic carbocycles. The molecule has 0 fully saturated rings. The van der Waals surface area contributed by atoms with Gasteiger partial charge in [0, 0.05) is 23.4 Å². The highest BCUT2D eigenvalue weighted by Crippen LogP contribution is 2.32. The van der Waals surface area contributed by atoms with E-state index in [0.29, 0.717) is 0 Å². The van der Waals surface area contributed by atoms with Crippen LogP contribution in [0.5, 0.6) is 0 Å². The molecular weight excluding hydrogens is 302 g/mol. The van der Waals surface area contributed by atoms with E-state index < -0.39 is 0 Å². The summed E-state index contributed by atoms with van der Waals surface area (Å²) in [6.07, 6.45) is 0. The molecule has 3 rings (SSSR count). The Morgan fingerprint density at radius 2 is 1.52 bits per heavy atom. The van der Waals surface area contributed by atoms with Crippen LogP contribution in [0.3, 0.4) is 0 Å². The maximum absolute atomic E-state index is 4.84. The van der Waals surface area contributed by atoms with Gasteiger partial charge in [0.2, 0.25) is 0 Å². The van der Waals surface area contributed by atoms with E-state index in [2.05, 4.69) is 72.5 Å². The van der Waals surface area contributed by atoms with Crippen molar-refractivity contribution in [1.29, 1.82) is 0 Å². The molecule has 0 bridgehead atoms. The maximum Gasteiger partial charge on any atom is 0.166 e. The van der Waals surface area contributed by atoms with Gasteiger partial charge in [-0.25, -0.2) is 4.98 Å². The van der Waals surface area contributed by atoms with E-state index in [-0.39, 0.29) is 0 Å². The first kappa shape index (κ1) is 15.8. The first-order chi connectivity index (χ1) is 11.2. The van der Waals surface area contributed by atoms with E-state index in [1.807, 2.05) is 12.1 Å². The third kappa shape index (κ3) is 4.03. The number of nitrogens with zero attached hydrogens (tertiary/aromatic N) is 2. The molecule has 1 N–H and O–H groups in total. The molecule has 0 atom stereocenters. The Morgan fingerprint density at radius 3 is 2.13 bits per heavy atom. The fraction of sp³-hybridized carbons (Fsp3) is 0.211. The predicted octanol–water partition coefficient (Wildman–Crippen LogP) is 4.40. The monoisotopic (exact) mass is 323 g/mol. The van der Waals surface area contributed by atoms with Crippen molar-refractivity contribution >= 4 is 11.8 Å². The van der Waals surface area contributed by atoms with Crippen molar-refractivity contribution in [2.45, 2.75) is 5.16 Å². The Morgan fingerprint density at radius 1 is 0.913 bits per heavy atom. The fourth-order valence-corrected chi connectivity index (χ4v) is 3.34. The van der Waals surface area contributed by atoms with Crippen LogP contribution in [-0.2, 0) is 0 Å². The van der Waals surface area contributed by atoms with Gasteiger partial charge in [-0.1, -0.05) is 72.4 Å². The van der Waals surface area contributed by atoms with Crippen LogP contribution in [0.1, 0.15) is 0 Å². The van der Waals surface area contributed by atoms with Gasteiger partial charge in [-0.3, -0.25) is 0 Å². The zero-order valence-corrected chi connectivity index (χ0v) is 14.3.